The lowest BCUT2D eigenvalue weighted by Crippen LogP contribution is -2.14. The van der Waals surface area contributed by atoms with Crippen LogP contribution in [0.4, 0.5) is 18.9 Å². The molecular weight excluding hydrogens is 429 g/mol. The summed E-state index contributed by atoms with van der Waals surface area (Å²) >= 11 is 0. The minimum atomic E-state index is -4.48. The maximum atomic E-state index is 13.0. The quantitative estimate of drug-likeness (QED) is 0.425. The molecular formula is C25H19F3N4O. The first kappa shape index (κ1) is 22.1. The predicted molar refractivity (Wildman–Crippen MR) is 119 cm³/mol. The highest BCUT2D eigenvalue weighted by Crippen LogP contribution is 2.31. The molecule has 5 nitrogen and oxygen atoms in total. The van der Waals surface area contributed by atoms with E-state index in [0.29, 0.717) is 12.0 Å². The van der Waals surface area contributed by atoms with Crippen molar-refractivity contribution in [2.24, 2.45) is 0 Å². The van der Waals surface area contributed by atoms with Crippen molar-refractivity contribution in [3.8, 4) is 11.3 Å². The number of anilines is 1. The minimum Gasteiger partial charge on any atom is -0.322 e. The average molecular weight is 448 g/mol. The second-order valence-electron chi connectivity index (χ2n) is 7.44. The normalized spacial score (nSPS) is 11.3. The number of hydrogen-bond donors (Lipinski definition) is 1. The second-order valence-corrected chi connectivity index (χ2v) is 7.44. The number of benzene rings is 2. The van der Waals surface area contributed by atoms with Gasteiger partial charge in [0, 0.05) is 35.6 Å². The van der Waals surface area contributed by atoms with Crippen LogP contribution in [0.1, 0.15) is 32.7 Å². The fourth-order valence-electron chi connectivity index (χ4n) is 3.42. The van der Waals surface area contributed by atoms with Crippen LogP contribution in [-0.2, 0) is 12.6 Å². The van der Waals surface area contributed by atoms with Crippen LogP contribution >= 0.6 is 0 Å². The maximum Gasteiger partial charge on any atom is 0.416 e. The molecule has 1 amide bonds. The Kier molecular flexibility index (Phi) is 6.17. The number of halogens is 3. The second kappa shape index (κ2) is 9.20. The summed E-state index contributed by atoms with van der Waals surface area (Å²) in [6.45, 7) is 1.93. The lowest BCUT2D eigenvalue weighted by Gasteiger charge is -2.13. The third kappa shape index (κ3) is 5.23. The Labute approximate surface area is 188 Å². The fourth-order valence-corrected chi connectivity index (χ4v) is 3.42. The third-order valence-corrected chi connectivity index (χ3v) is 5.17. The van der Waals surface area contributed by atoms with E-state index in [1.165, 1.54) is 18.5 Å². The van der Waals surface area contributed by atoms with Crippen LogP contribution in [0.2, 0.25) is 0 Å². The summed E-state index contributed by atoms with van der Waals surface area (Å²) in [6.07, 6.45) is 0.789. The smallest absolute Gasteiger partial charge is 0.322 e. The number of hydrogen-bond acceptors (Lipinski definition) is 4. The Morgan fingerprint density at radius 1 is 0.970 bits per heavy atom. The van der Waals surface area contributed by atoms with Crippen LogP contribution < -0.4 is 5.32 Å². The van der Waals surface area contributed by atoms with Gasteiger partial charge in [-0.2, -0.15) is 13.2 Å². The van der Waals surface area contributed by atoms with E-state index < -0.39 is 17.6 Å². The fraction of sp³-hybridized carbons (Fsp3) is 0.120. The molecule has 2 aromatic heterocycles. The summed E-state index contributed by atoms with van der Waals surface area (Å²) < 4.78 is 38.9. The lowest BCUT2D eigenvalue weighted by molar-refractivity contribution is -0.137. The molecule has 2 heterocycles. The topological polar surface area (TPSA) is 67.8 Å². The zero-order chi connectivity index (χ0) is 23.4. The van der Waals surface area contributed by atoms with Gasteiger partial charge >= 0.3 is 6.18 Å². The van der Waals surface area contributed by atoms with Crippen LogP contribution in [0.25, 0.3) is 11.3 Å². The van der Waals surface area contributed by atoms with Gasteiger partial charge in [-0.1, -0.05) is 12.1 Å². The van der Waals surface area contributed by atoms with Crippen molar-refractivity contribution in [3.05, 3.63) is 107 Å². The molecule has 0 aliphatic heterocycles. The van der Waals surface area contributed by atoms with Crippen LogP contribution in [0, 0.1) is 6.92 Å². The number of aryl methyl sites for hydroxylation is 1. The lowest BCUT2D eigenvalue weighted by atomic mass is 9.97. The van der Waals surface area contributed by atoms with E-state index in [0.717, 1.165) is 40.2 Å². The summed E-state index contributed by atoms with van der Waals surface area (Å²) in [4.78, 5) is 25.5. The number of pyridine rings is 1. The molecule has 0 fully saturated rings. The highest BCUT2D eigenvalue weighted by Gasteiger charge is 2.30. The van der Waals surface area contributed by atoms with Crippen molar-refractivity contribution in [1.29, 1.82) is 0 Å². The monoisotopic (exact) mass is 448 g/mol. The predicted octanol–water partition coefficient (Wildman–Crippen LogP) is 5.71. The van der Waals surface area contributed by atoms with Gasteiger partial charge in [-0.05, 0) is 66.6 Å². The Hall–Kier alpha value is -4.07. The Morgan fingerprint density at radius 3 is 2.58 bits per heavy atom. The number of rotatable bonds is 5. The zero-order valence-electron chi connectivity index (χ0n) is 17.6. The van der Waals surface area contributed by atoms with Gasteiger partial charge in [-0.15, -0.1) is 0 Å². The molecule has 0 aliphatic carbocycles. The van der Waals surface area contributed by atoms with Crippen LogP contribution in [-0.4, -0.2) is 20.9 Å². The van der Waals surface area contributed by atoms with E-state index in [-0.39, 0.29) is 5.69 Å². The number of nitrogens with one attached hydrogen (secondary N) is 1. The molecule has 33 heavy (non-hydrogen) atoms. The number of carbonyl (C=O) groups is 1. The zero-order valence-corrected chi connectivity index (χ0v) is 17.6. The summed E-state index contributed by atoms with van der Waals surface area (Å²) in [5.41, 5.74) is 3.82. The van der Waals surface area contributed by atoms with Crippen molar-refractivity contribution in [3.63, 3.8) is 0 Å². The minimum absolute atomic E-state index is 0.0766. The molecule has 4 rings (SSSR count). The van der Waals surface area contributed by atoms with E-state index in [1.54, 1.807) is 30.6 Å². The molecule has 166 valence electrons. The molecule has 0 bridgehead atoms. The van der Waals surface area contributed by atoms with Crippen molar-refractivity contribution < 1.29 is 18.0 Å². The maximum absolute atomic E-state index is 13.0. The van der Waals surface area contributed by atoms with E-state index in [4.69, 9.17) is 0 Å². The van der Waals surface area contributed by atoms with Gasteiger partial charge in [-0.25, -0.2) is 9.97 Å². The van der Waals surface area contributed by atoms with E-state index in [2.05, 4.69) is 20.3 Å². The Morgan fingerprint density at radius 2 is 1.82 bits per heavy atom. The Bertz CT molecular complexity index is 1290. The van der Waals surface area contributed by atoms with Crippen molar-refractivity contribution in [2.45, 2.75) is 19.5 Å². The van der Waals surface area contributed by atoms with E-state index >= 15 is 0 Å². The molecule has 2 aromatic carbocycles. The van der Waals surface area contributed by atoms with Crippen LogP contribution in [0.15, 0.2) is 79.4 Å². The third-order valence-electron chi connectivity index (χ3n) is 5.17. The van der Waals surface area contributed by atoms with Gasteiger partial charge in [0.05, 0.1) is 17.0 Å². The number of nitrogens with zero attached hydrogens (tertiary/aromatic N) is 3. The van der Waals surface area contributed by atoms with Gasteiger partial charge < -0.3 is 5.32 Å². The molecule has 0 atom stereocenters. The molecule has 0 unspecified atom stereocenters. The summed E-state index contributed by atoms with van der Waals surface area (Å²) in [6, 6.07) is 15.3. The number of carbonyl (C=O) groups excluding carboxylic acids is 1. The first-order valence-corrected chi connectivity index (χ1v) is 10.1. The van der Waals surface area contributed by atoms with E-state index in [9.17, 15) is 18.0 Å². The van der Waals surface area contributed by atoms with Crippen LogP contribution in [0.3, 0.4) is 0 Å². The SMILES string of the molecule is Cc1ccc(C(=O)Nc2cccc(C(F)(F)F)c2)cc1Cc1ncccc1-c1ccncn1. The van der Waals surface area contributed by atoms with Crippen LogP contribution in [0.5, 0.6) is 0 Å². The largest absolute Gasteiger partial charge is 0.416 e. The molecule has 0 aliphatic rings. The van der Waals surface area contributed by atoms with Gasteiger partial charge in [0.2, 0.25) is 0 Å². The molecule has 0 saturated heterocycles. The van der Waals surface area contributed by atoms with Gasteiger partial charge in [-0.3, -0.25) is 9.78 Å². The molecule has 4 aromatic rings. The molecule has 0 radical (unpaired) electrons. The van der Waals surface area contributed by atoms with Crippen molar-refractivity contribution >= 4 is 11.6 Å². The number of alkyl halides is 3. The van der Waals surface area contributed by atoms with E-state index in [1.807, 2.05) is 25.1 Å². The number of amides is 1. The van der Waals surface area contributed by atoms with Gasteiger partial charge in [0.15, 0.2) is 0 Å². The standard InChI is InChI=1S/C25H19F3N4O/c1-16-7-8-17(24(33)32-20-5-2-4-19(14-20)25(26,27)28)12-18(16)13-23-21(6-3-10-30-23)22-9-11-29-15-31-22/h2-12,14-15H,13H2,1H3,(H,32,33). The summed E-state index contributed by atoms with van der Waals surface area (Å²) in [5, 5.41) is 2.55. The van der Waals surface area contributed by atoms with Crippen molar-refractivity contribution in [1.82, 2.24) is 15.0 Å². The summed E-state index contributed by atoms with van der Waals surface area (Å²) in [5.74, 6) is -0.493. The first-order chi connectivity index (χ1) is 15.8. The molecule has 0 saturated carbocycles. The summed E-state index contributed by atoms with van der Waals surface area (Å²) in [7, 11) is 0. The molecule has 0 spiro atoms. The average Bonchev–Trinajstić information content (AvgIpc) is 2.81. The van der Waals surface area contributed by atoms with Gasteiger partial charge in [0.25, 0.3) is 5.91 Å². The molecule has 8 heteroatoms. The molecule has 1 N–H and O–H groups in total. The first-order valence-electron chi connectivity index (χ1n) is 10.1. The highest BCUT2D eigenvalue weighted by molar-refractivity contribution is 6.04. The van der Waals surface area contributed by atoms with Crippen molar-refractivity contribution in [2.75, 3.05) is 5.32 Å². The van der Waals surface area contributed by atoms with Gasteiger partial charge in [0.1, 0.15) is 6.33 Å². The highest BCUT2D eigenvalue weighted by atomic mass is 19.4. The number of aromatic nitrogens is 3. The Balaban J connectivity index is 1.59.